The molecule has 5 nitrogen and oxygen atoms in total. The predicted molar refractivity (Wildman–Crippen MR) is 84.4 cm³/mol. The molecule has 2 aromatic rings. The van der Waals surface area contributed by atoms with Crippen molar-refractivity contribution in [3.63, 3.8) is 0 Å². The second-order valence-corrected chi connectivity index (χ2v) is 6.63. The van der Waals surface area contributed by atoms with Gasteiger partial charge in [0.2, 0.25) is 0 Å². The van der Waals surface area contributed by atoms with E-state index in [0.717, 1.165) is 3.97 Å². The zero-order valence-corrected chi connectivity index (χ0v) is 13.2. The molecule has 0 fully saturated rings. The van der Waals surface area contributed by atoms with Gasteiger partial charge >= 0.3 is 35.5 Å². The molecule has 1 heterocycles. The molecule has 1 aromatic carbocycles. The third-order valence-corrected chi connectivity index (χ3v) is 5.74. The molecule has 0 aliphatic carbocycles. The van der Waals surface area contributed by atoms with Gasteiger partial charge in [0.05, 0.1) is 17.6 Å². The topological polar surface area (TPSA) is 65.4 Å². The minimum absolute atomic E-state index is 0. The molecule has 0 aliphatic heterocycles. The molecule has 0 saturated heterocycles. The van der Waals surface area contributed by atoms with Gasteiger partial charge in [-0.3, -0.25) is 0 Å². The van der Waals surface area contributed by atoms with Gasteiger partial charge in [0, 0.05) is 6.20 Å². The van der Waals surface area contributed by atoms with Gasteiger partial charge in [-0.15, -0.1) is 0 Å². The summed E-state index contributed by atoms with van der Waals surface area (Å²) in [6.07, 6.45) is 1.26. The third kappa shape index (κ3) is 3.43. The van der Waals surface area contributed by atoms with Gasteiger partial charge in [0.1, 0.15) is 4.60 Å². The van der Waals surface area contributed by atoms with E-state index < -0.39 is 16.0 Å². The van der Waals surface area contributed by atoms with Crippen molar-refractivity contribution in [3.8, 4) is 0 Å². The van der Waals surface area contributed by atoms with Crippen molar-refractivity contribution in [1.82, 2.24) is 3.97 Å². The summed E-state index contributed by atoms with van der Waals surface area (Å²) in [7, 11) is -2.50. The zero-order valence-electron chi connectivity index (χ0n) is 10.8. The van der Waals surface area contributed by atoms with Crippen LogP contribution < -0.4 is 0 Å². The number of hydrogen-bond donors (Lipinski definition) is 0. The summed E-state index contributed by atoms with van der Waals surface area (Å²) in [4.78, 5) is 11.8. The normalized spacial score (nSPS) is 10.8. The molecule has 2 rings (SSSR count). The summed E-state index contributed by atoms with van der Waals surface area (Å²) in [5.74, 6) is -0.579. The number of methoxy groups -OCH3 is 1. The van der Waals surface area contributed by atoms with E-state index in [4.69, 9.17) is 0 Å². The molecule has 108 valence electrons. The van der Waals surface area contributed by atoms with Crippen LogP contribution in [-0.4, -0.2) is 55.0 Å². The molecule has 0 aliphatic rings. The van der Waals surface area contributed by atoms with Gasteiger partial charge < -0.3 is 4.74 Å². The number of hydrogen-bond acceptors (Lipinski definition) is 4. The molecule has 0 saturated carbocycles. The number of benzene rings is 1. The standard InChI is InChI=1S/C13H12BrNO4S.Na.H/c1-9-11(13(16)19-2)8-15(12(9)14)20(17,18)10-6-4-3-5-7-10;;/h3-8H,1-2H3;;. The van der Waals surface area contributed by atoms with Crippen LogP contribution in [0.4, 0.5) is 0 Å². The van der Waals surface area contributed by atoms with Crippen LogP contribution in [-0.2, 0) is 14.8 Å². The summed E-state index contributed by atoms with van der Waals surface area (Å²) < 4.78 is 31.0. The quantitative estimate of drug-likeness (QED) is 0.601. The predicted octanol–water partition coefficient (Wildman–Crippen LogP) is 1.93. The number of esters is 1. The summed E-state index contributed by atoms with van der Waals surface area (Å²) in [5.41, 5.74) is 0.718. The Hall–Kier alpha value is -0.600. The first-order chi connectivity index (χ1) is 9.39. The number of halogens is 1. The summed E-state index contributed by atoms with van der Waals surface area (Å²) >= 11 is 3.21. The van der Waals surface area contributed by atoms with Crippen LogP contribution >= 0.6 is 15.9 Å². The average molecular weight is 382 g/mol. The molecule has 1 aromatic heterocycles. The third-order valence-electron chi connectivity index (χ3n) is 2.86. The van der Waals surface area contributed by atoms with E-state index in [9.17, 15) is 13.2 Å². The van der Waals surface area contributed by atoms with Crippen molar-refractivity contribution in [2.75, 3.05) is 7.11 Å². The van der Waals surface area contributed by atoms with Crippen molar-refractivity contribution in [2.24, 2.45) is 0 Å². The zero-order chi connectivity index (χ0) is 14.9. The summed E-state index contributed by atoms with van der Waals surface area (Å²) in [6, 6.07) is 8.00. The maximum absolute atomic E-state index is 12.5. The molecule has 8 heteroatoms. The summed E-state index contributed by atoms with van der Waals surface area (Å²) in [5, 5.41) is 0. The van der Waals surface area contributed by atoms with Crippen molar-refractivity contribution in [1.29, 1.82) is 0 Å². The second-order valence-electron chi connectivity index (χ2n) is 4.06. The fraction of sp³-hybridized carbons (Fsp3) is 0.154. The van der Waals surface area contributed by atoms with Crippen LogP contribution in [0.5, 0.6) is 0 Å². The molecule has 0 radical (unpaired) electrons. The van der Waals surface area contributed by atoms with E-state index in [1.165, 1.54) is 25.4 Å². The number of carbonyl (C=O) groups is 1. The fourth-order valence-corrected chi connectivity index (χ4v) is 3.95. The Bertz CT molecular complexity index is 756. The molecular weight excluding hydrogens is 369 g/mol. The van der Waals surface area contributed by atoms with Crippen molar-refractivity contribution in [2.45, 2.75) is 11.8 Å². The van der Waals surface area contributed by atoms with Gasteiger partial charge in [-0.1, -0.05) is 18.2 Å². The van der Waals surface area contributed by atoms with Crippen LogP contribution in [0.15, 0.2) is 46.0 Å². The Balaban J connectivity index is 0.00000220. The van der Waals surface area contributed by atoms with Crippen molar-refractivity contribution in [3.05, 3.63) is 52.3 Å². The molecule has 0 atom stereocenters. The first-order valence-electron chi connectivity index (χ1n) is 5.66. The van der Waals surface area contributed by atoms with Crippen molar-refractivity contribution >= 4 is 61.5 Å². The Kier molecular flexibility index (Phi) is 6.24. The Morgan fingerprint density at radius 1 is 1.24 bits per heavy atom. The van der Waals surface area contributed by atoms with Crippen LogP contribution in [0, 0.1) is 6.92 Å². The molecule has 0 unspecified atom stereocenters. The summed E-state index contributed by atoms with van der Waals surface area (Å²) in [6.45, 7) is 1.65. The van der Waals surface area contributed by atoms with E-state index in [1.807, 2.05) is 0 Å². The number of aromatic nitrogens is 1. The Morgan fingerprint density at radius 2 is 1.81 bits per heavy atom. The molecule has 0 N–H and O–H groups in total. The molecule has 0 amide bonds. The van der Waals surface area contributed by atoms with E-state index in [1.54, 1.807) is 25.1 Å². The fourth-order valence-electron chi connectivity index (χ4n) is 1.74. The molecule has 0 bridgehead atoms. The van der Waals surface area contributed by atoms with Crippen LogP contribution in [0.2, 0.25) is 0 Å². The number of nitrogens with zero attached hydrogens (tertiary/aromatic N) is 1. The molecule has 21 heavy (non-hydrogen) atoms. The van der Waals surface area contributed by atoms with Crippen molar-refractivity contribution < 1.29 is 17.9 Å². The van der Waals surface area contributed by atoms with Gasteiger partial charge in [0.15, 0.2) is 0 Å². The first-order valence-corrected chi connectivity index (χ1v) is 7.89. The SMILES string of the molecule is COC(=O)c1cn(S(=O)(=O)c2ccccc2)c(Br)c1C.[NaH]. The van der Waals surface area contributed by atoms with Crippen LogP contribution in [0.3, 0.4) is 0 Å². The molecule has 0 spiro atoms. The maximum atomic E-state index is 12.5. The Labute approximate surface area is 153 Å². The number of carbonyl (C=O) groups excluding carboxylic acids is 1. The number of ether oxygens (including phenoxy) is 1. The number of rotatable bonds is 3. The Morgan fingerprint density at radius 3 is 2.33 bits per heavy atom. The average Bonchev–Trinajstić information content (AvgIpc) is 2.76. The van der Waals surface area contributed by atoms with Gasteiger partial charge in [0.25, 0.3) is 10.0 Å². The van der Waals surface area contributed by atoms with E-state index in [2.05, 4.69) is 20.7 Å². The monoisotopic (exact) mass is 381 g/mol. The van der Waals surface area contributed by atoms with E-state index >= 15 is 0 Å². The minimum atomic E-state index is -3.75. The van der Waals surface area contributed by atoms with Crippen LogP contribution in [0.1, 0.15) is 15.9 Å². The second kappa shape index (κ2) is 7.11. The van der Waals surface area contributed by atoms with Gasteiger partial charge in [-0.05, 0) is 40.5 Å². The first kappa shape index (κ1) is 18.4. The van der Waals surface area contributed by atoms with E-state index in [0.29, 0.717) is 10.2 Å². The van der Waals surface area contributed by atoms with Gasteiger partial charge in [-0.2, -0.15) is 0 Å². The molecular formula is C13H13BrNNaO4S. The van der Waals surface area contributed by atoms with Gasteiger partial charge in [-0.25, -0.2) is 17.2 Å². The van der Waals surface area contributed by atoms with E-state index in [-0.39, 0.29) is 40.0 Å². The van der Waals surface area contributed by atoms with Crippen LogP contribution in [0.25, 0.3) is 0 Å².